The molecule has 1 atom stereocenters. The van der Waals surface area contributed by atoms with Crippen molar-refractivity contribution in [2.45, 2.75) is 386 Å². The molecule has 0 aromatic carbocycles. The number of esters is 3. The van der Waals surface area contributed by atoms with E-state index in [1.165, 1.54) is 250 Å². The number of unbranched alkanes of at least 4 members (excludes halogenated alkanes) is 44. The van der Waals surface area contributed by atoms with Crippen LogP contribution < -0.4 is 0 Å². The second-order valence-electron chi connectivity index (χ2n) is 24.5. The normalized spacial score (nSPS) is 12.5. The first-order chi connectivity index (χ1) is 41.0. The molecule has 6 nitrogen and oxygen atoms in total. The Morgan fingerprint density at radius 1 is 0.253 bits per heavy atom. The maximum absolute atomic E-state index is 12.9. The lowest BCUT2D eigenvalue weighted by atomic mass is 10.0. The molecule has 0 aliphatic carbocycles. The summed E-state index contributed by atoms with van der Waals surface area (Å²) >= 11 is 0. The van der Waals surface area contributed by atoms with Crippen LogP contribution in [0, 0.1) is 0 Å². The van der Waals surface area contributed by atoms with Crippen LogP contribution in [-0.2, 0) is 28.6 Å². The summed E-state index contributed by atoms with van der Waals surface area (Å²) in [5.74, 6) is -0.859. The van der Waals surface area contributed by atoms with E-state index in [1.807, 2.05) is 0 Å². The Balaban J connectivity index is 4.00. The molecule has 0 aromatic rings. The highest BCUT2D eigenvalue weighted by Crippen LogP contribution is 2.18. The lowest BCUT2D eigenvalue weighted by Gasteiger charge is -2.18. The van der Waals surface area contributed by atoms with Gasteiger partial charge in [0.2, 0.25) is 0 Å². The monoisotopic (exact) mass is 1160 g/mol. The van der Waals surface area contributed by atoms with Gasteiger partial charge in [-0.2, -0.15) is 0 Å². The molecule has 482 valence electrons. The molecular formula is C77H138O6. The molecule has 0 aliphatic rings. The number of hydrogen-bond acceptors (Lipinski definition) is 6. The third-order valence-corrected chi connectivity index (χ3v) is 16.2. The molecule has 0 bridgehead atoms. The van der Waals surface area contributed by atoms with Gasteiger partial charge in [0.05, 0.1) is 0 Å². The van der Waals surface area contributed by atoms with E-state index in [4.69, 9.17) is 14.2 Å². The first-order valence-electron chi connectivity index (χ1n) is 36.4. The van der Waals surface area contributed by atoms with Gasteiger partial charge in [0.1, 0.15) is 13.2 Å². The van der Waals surface area contributed by atoms with Crippen LogP contribution in [0.15, 0.2) is 72.9 Å². The van der Waals surface area contributed by atoms with E-state index in [0.717, 1.165) is 89.9 Å². The van der Waals surface area contributed by atoms with E-state index in [-0.39, 0.29) is 31.1 Å². The van der Waals surface area contributed by atoms with E-state index in [1.54, 1.807) is 0 Å². The number of hydrogen-bond donors (Lipinski definition) is 0. The van der Waals surface area contributed by atoms with Crippen LogP contribution in [0.4, 0.5) is 0 Å². The maximum Gasteiger partial charge on any atom is 0.306 e. The zero-order valence-corrected chi connectivity index (χ0v) is 55.5. The third kappa shape index (κ3) is 69.5. The highest BCUT2D eigenvalue weighted by molar-refractivity contribution is 5.71. The Bertz CT molecular complexity index is 1520. The highest BCUT2D eigenvalue weighted by atomic mass is 16.6. The van der Waals surface area contributed by atoms with Gasteiger partial charge in [-0.3, -0.25) is 14.4 Å². The fourth-order valence-electron chi connectivity index (χ4n) is 10.8. The van der Waals surface area contributed by atoms with Crippen LogP contribution in [0.5, 0.6) is 0 Å². The van der Waals surface area contributed by atoms with Crippen LogP contribution in [0.1, 0.15) is 380 Å². The summed E-state index contributed by atoms with van der Waals surface area (Å²) < 4.78 is 16.9. The van der Waals surface area contributed by atoms with Crippen molar-refractivity contribution in [3.8, 4) is 0 Å². The molecule has 0 spiro atoms. The molecule has 0 radical (unpaired) electrons. The van der Waals surface area contributed by atoms with Crippen LogP contribution in [0.2, 0.25) is 0 Å². The van der Waals surface area contributed by atoms with E-state index in [9.17, 15) is 14.4 Å². The number of allylic oxidation sites excluding steroid dienone is 12. The molecule has 0 saturated heterocycles. The molecule has 83 heavy (non-hydrogen) atoms. The van der Waals surface area contributed by atoms with Gasteiger partial charge >= 0.3 is 17.9 Å². The van der Waals surface area contributed by atoms with Gasteiger partial charge in [-0.15, -0.1) is 0 Å². The second kappa shape index (κ2) is 71.3. The Hall–Kier alpha value is -3.15. The van der Waals surface area contributed by atoms with Crippen LogP contribution >= 0.6 is 0 Å². The van der Waals surface area contributed by atoms with Gasteiger partial charge in [0.15, 0.2) is 6.10 Å². The molecule has 0 N–H and O–H groups in total. The fourth-order valence-corrected chi connectivity index (χ4v) is 10.8. The summed E-state index contributed by atoms with van der Waals surface area (Å²) in [5, 5.41) is 0. The van der Waals surface area contributed by atoms with Crippen molar-refractivity contribution in [3.63, 3.8) is 0 Å². The average molecular weight is 1160 g/mol. The topological polar surface area (TPSA) is 78.9 Å². The minimum absolute atomic E-state index is 0.0709. The van der Waals surface area contributed by atoms with Crippen molar-refractivity contribution in [1.82, 2.24) is 0 Å². The summed E-state index contributed by atoms with van der Waals surface area (Å²) in [6, 6.07) is 0. The summed E-state index contributed by atoms with van der Waals surface area (Å²) in [7, 11) is 0. The first-order valence-corrected chi connectivity index (χ1v) is 36.4. The first kappa shape index (κ1) is 79.8. The zero-order valence-electron chi connectivity index (χ0n) is 55.5. The number of carbonyl (C=O) groups excluding carboxylic acids is 3. The van der Waals surface area contributed by atoms with Crippen LogP contribution in [0.25, 0.3) is 0 Å². The number of rotatable bonds is 67. The standard InChI is InChI=1S/C77H138O6/c1-4-7-10-13-16-18-20-22-24-26-28-30-32-34-35-36-37-38-39-40-41-43-44-46-48-50-52-54-56-58-61-64-67-70-76(79)82-73-74(72-81-75(78)69-66-63-60-15-12-9-6-3)83-77(80)71-68-65-62-59-57-55-53-51-49-47-45-42-33-31-29-27-25-23-21-19-17-14-11-8-5-2/h8,11,17,19-20,22-23,25-26,28-29,31,74H,4-7,9-10,12-16,18,21,24,27,30,32-73H2,1-3H3/b11-8-,19-17-,22-20-,25-23-,28-26-,31-29-. The van der Waals surface area contributed by atoms with Gasteiger partial charge in [0.25, 0.3) is 0 Å². The van der Waals surface area contributed by atoms with Gasteiger partial charge < -0.3 is 14.2 Å². The summed E-state index contributed by atoms with van der Waals surface area (Å²) in [5.41, 5.74) is 0. The Morgan fingerprint density at radius 3 is 0.735 bits per heavy atom. The predicted molar refractivity (Wildman–Crippen MR) is 362 cm³/mol. The molecule has 0 amide bonds. The van der Waals surface area contributed by atoms with Gasteiger partial charge in [0, 0.05) is 19.3 Å². The number of ether oxygens (including phenoxy) is 3. The van der Waals surface area contributed by atoms with Crippen molar-refractivity contribution in [2.24, 2.45) is 0 Å². The lowest BCUT2D eigenvalue weighted by Crippen LogP contribution is -2.30. The van der Waals surface area contributed by atoms with E-state index >= 15 is 0 Å². The molecule has 0 fully saturated rings. The van der Waals surface area contributed by atoms with Gasteiger partial charge in [-0.1, -0.05) is 344 Å². The smallest absolute Gasteiger partial charge is 0.306 e. The molecule has 0 aromatic heterocycles. The van der Waals surface area contributed by atoms with Gasteiger partial charge in [-0.25, -0.2) is 0 Å². The third-order valence-electron chi connectivity index (χ3n) is 16.2. The molecular weight excluding hydrogens is 1020 g/mol. The van der Waals surface area contributed by atoms with Crippen molar-refractivity contribution in [2.75, 3.05) is 13.2 Å². The highest BCUT2D eigenvalue weighted by Gasteiger charge is 2.19. The average Bonchev–Trinajstić information content (AvgIpc) is 3.50. The molecule has 0 heterocycles. The minimum Gasteiger partial charge on any atom is -0.462 e. The van der Waals surface area contributed by atoms with Crippen molar-refractivity contribution >= 4 is 17.9 Å². The molecule has 1 unspecified atom stereocenters. The lowest BCUT2D eigenvalue weighted by molar-refractivity contribution is -0.167. The zero-order chi connectivity index (χ0) is 59.9. The summed E-state index contributed by atoms with van der Waals surface area (Å²) in [6.07, 6.45) is 94.1. The van der Waals surface area contributed by atoms with Gasteiger partial charge in [-0.05, 0) is 89.9 Å². The maximum atomic E-state index is 12.9. The minimum atomic E-state index is -0.773. The summed E-state index contributed by atoms with van der Waals surface area (Å²) in [6.45, 7) is 6.53. The predicted octanol–water partition coefficient (Wildman–Crippen LogP) is 25.2. The molecule has 6 heteroatoms. The van der Waals surface area contributed by atoms with E-state index in [0.29, 0.717) is 19.3 Å². The molecule has 0 saturated carbocycles. The van der Waals surface area contributed by atoms with Crippen molar-refractivity contribution in [3.05, 3.63) is 72.9 Å². The van der Waals surface area contributed by atoms with Crippen LogP contribution in [0.3, 0.4) is 0 Å². The van der Waals surface area contributed by atoms with E-state index in [2.05, 4.69) is 93.7 Å². The van der Waals surface area contributed by atoms with Crippen molar-refractivity contribution in [1.29, 1.82) is 0 Å². The van der Waals surface area contributed by atoms with Crippen molar-refractivity contribution < 1.29 is 28.6 Å². The fraction of sp³-hybridized carbons (Fsp3) is 0.805. The quantitative estimate of drug-likeness (QED) is 0.0261. The Morgan fingerprint density at radius 2 is 0.470 bits per heavy atom. The second-order valence-corrected chi connectivity index (χ2v) is 24.5. The molecule has 0 aliphatic heterocycles. The Kier molecular flexibility index (Phi) is 68.6. The largest absolute Gasteiger partial charge is 0.462 e. The van der Waals surface area contributed by atoms with E-state index < -0.39 is 6.10 Å². The SMILES string of the molecule is CC/C=C\C/C=C\C/C=C\C/C=C\CCCCCCCCCCCCCCC(=O)OC(COC(=O)CCCCCCCCC)COC(=O)CCCCCCCCCCCCCCCCCCCCCCC/C=C\C/C=C\CCCCCCC. The number of carbonyl (C=O) groups is 3. The Labute approximate surface area is 516 Å². The molecule has 0 rings (SSSR count). The van der Waals surface area contributed by atoms with Crippen LogP contribution in [-0.4, -0.2) is 37.2 Å². The summed E-state index contributed by atoms with van der Waals surface area (Å²) in [4.78, 5) is 38.2.